The van der Waals surface area contributed by atoms with Crippen LogP contribution in [-0.4, -0.2) is 23.4 Å². The molecule has 1 atom stereocenters. The van der Waals surface area contributed by atoms with E-state index in [1.54, 1.807) is 24.3 Å². The van der Waals surface area contributed by atoms with Crippen LogP contribution >= 0.6 is 11.3 Å². The molecule has 164 valence electrons. The van der Waals surface area contributed by atoms with E-state index < -0.39 is 17.7 Å². The molecule has 1 aromatic heterocycles. The number of ether oxygens (including phenoxy) is 1. The van der Waals surface area contributed by atoms with E-state index in [-0.39, 0.29) is 11.3 Å². The Morgan fingerprint density at radius 2 is 1.81 bits per heavy atom. The maximum absolute atomic E-state index is 13.2. The summed E-state index contributed by atoms with van der Waals surface area (Å²) in [5.74, 6) is -0.934. The van der Waals surface area contributed by atoms with Crippen molar-refractivity contribution < 1.29 is 19.4 Å². The second-order valence-corrected chi connectivity index (χ2v) is 8.89. The van der Waals surface area contributed by atoms with Gasteiger partial charge < -0.3 is 9.84 Å². The summed E-state index contributed by atoms with van der Waals surface area (Å²) < 4.78 is 5.68. The molecule has 1 N–H and O–H groups in total. The van der Waals surface area contributed by atoms with Crippen molar-refractivity contribution in [2.24, 2.45) is 0 Å². The second-order valence-electron chi connectivity index (χ2n) is 7.91. The predicted molar refractivity (Wildman–Crippen MR) is 127 cm³/mol. The van der Waals surface area contributed by atoms with Crippen LogP contribution in [0.2, 0.25) is 0 Å². The summed E-state index contributed by atoms with van der Waals surface area (Å²) in [5.41, 5.74) is 3.16. The summed E-state index contributed by atoms with van der Waals surface area (Å²) in [5, 5.41) is 13.1. The summed E-state index contributed by atoms with van der Waals surface area (Å²) in [6.07, 6.45) is 0.857. The number of carbonyl (C=O) groups excluding carboxylic acids is 2. The predicted octanol–water partition coefficient (Wildman–Crippen LogP) is 5.78. The van der Waals surface area contributed by atoms with Crippen molar-refractivity contribution in [1.29, 1.82) is 0 Å². The number of aryl methyl sites for hydroxylation is 2. The van der Waals surface area contributed by atoms with Crippen LogP contribution < -0.4 is 9.64 Å². The first-order valence-electron chi connectivity index (χ1n) is 10.6. The normalized spacial score (nSPS) is 17.7. The molecule has 6 heteroatoms. The number of hydrogen-bond donors (Lipinski definition) is 1. The van der Waals surface area contributed by atoms with Gasteiger partial charge in [0, 0.05) is 16.1 Å². The number of Topliss-reactive ketones (excluding diaryl/α,β-unsaturated/α-hetero) is 1. The Morgan fingerprint density at radius 3 is 2.47 bits per heavy atom. The number of carbonyl (C=O) groups is 2. The van der Waals surface area contributed by atoms with Crippen LogP contribution in [0.1, 0.15) is 41.0 Å². The molecule has 5 nitrogen and oxygen atoms in total. The molecule has 1 aliphatic heterocycles. The Labute approximate surface area is 191 Å². The number of benzene rings is 2. The Hall–Kier alpha value is -3.38. The first-order valence-corrected chi connectivity index (χ1v) is 11.4. The first-order chi connectivity index (χ1) is 15.4. The highest BCUT2D eigenvalue weighted by molar-refractivity contribution is 7.10. The average molecular weight is 448 g/mol. The molecule has 1 unspecified atom stereocenters. The lowest BCUT2D eigenvalue weighted by atomic mass is 9.99. The van der Waals surface area contributed by atoms with Crippen molar-refractivity contribution >= 4 is 34.5 Å². The topological polar surface area (TPSA) is 66.8 Å². The summed E-state index contributed by atoms with van der Waals surface area (Å²) >= 11 is 1.45. The third kappa shape index (κ3) is 4.06. The second kappa shape index (κ2) is 9.01. The van der Waals surface area contributed by atoms with Crippen LogP contribution in [0.3, 0.4) is 0 Å². The zero-order valence-electron chi connectivity index (χ0n) is 18.3. The van der Waals surface area contributed by atoms with E-state index in [2.05, 4.69) is 0 Å². The Morgan fingerprint density at radius 1 is 1.06 bits per heavy atom. The molecule has 2 heterocycles. The Bertz CT molecular complexity index is 1180. The quantitative estimate of drug-likeness (QED) is 0.295. The number of ketones is 1. The highest BCUT2D eigenvalue weighted by Gasteiger charge is 2.47. The molecule has 4 rings (SSSR count). The van der Waals surface area contributed by atoms with E-state index in [0.29, 0.717) is 23.6 Å². The van der Waals surface area contributed by atoms with Crippen LogP contribution in [0, 0.1) is 13.8 Å². The summed E-state index contributed by atoms with van der Waals surface area (Å²) in [7, 11) is 0. The smallest absolute Gasteiger partial charge is 0.300 e. The molecular formula is C26H25NO4S. The van der Waals surface area contributed by atoms with Gasteiger partial charge in [-0.25, -0.2) is 0 Å². The molecule has 0 radical (unpaired) electrons. The first kappa shape index (κ1) is 21.8. The molecule has 2 aromatic carbocycles. The van der Waals surface area contributed by atoms with Gasteiger partial charge in [0.05, 0.1) is 12.2 Å². The highest BCUT2D eigenvalue weighted by Crippen LogP contribution is 2.44. The van der Waals surface area contributed by atoms with Gasteiger partial charge in [-0.15, -0.1) is 11.3 Å². The summed E-state index contributed by atoms with van der Waals surface area (Å²) in [6.45, 7) is 6.47. The van der Waals surface area contributed by atoms with E-state index in [0.717, 1.165) is 22.4 Å². The van der Waals surface area contributed by atoms with Crippen molar-refractivity contribution in [1.82, 2.24) is 0 Å². The molecule has 0 spiro atoms. The van der Waals surface area contributed by atoms with Crippen molar-refractivity contribution in [3.05, 3.63) is 87.1 Å². The van der Waals surface area contributed by atoms with Gasteiger partial charge in [-0.3, -0.25) is 14.5 Å². The number of rotatable bonds is 6. The molecule has 0 saturated carbocycles. The fourth-order valence-electron chi connectivity index (χ4n) is 4.01. The van der Waals surface area contributed by atoms with Gasteiger partial charge in [-0.1, -0.05) is 31.2 Å². The van der Waals surface area contributed by atoms with Crippen LogP contribution in [0.15, 0.2) is 65.6 Å². The maximum atomic E-state index is 13.2. The number of anilines is 1. The van der Waals surface area contributed by atoms with Gasteiger partial charge in [0.25, 0.3) is 11.7 Å². The number of hydrogen-bond acceptors (Lipinski definition) is 5. The lowest BCUT2D eigenvalue weighted by Gasteiger charge is -2.25. The third-order valence-corrected chi connectivity index (χ3v) is 6.25. The monoisotopic (exact) mass is 447 g/mol. The van der Waals surface area contributed by atoms with Gasteiger partial charge in [0.1, 0.15) is 17.6 Å². The molecule has 0 bridgehead atoms. The van der Waals surface area contributed by atoms with E-state index >= 15 is 0 Å². The van der Waals surface area contributed by atoms with Crippen molar-refractivity contribution in [2.75, 3.05) is 11.5 Å². The van der Waals surface area contributed by atoms with E-state index in [9.17, 15) is 14.7 Å². The van der Waals surface area contributed by atoms with Crippen molar-refractivity contribution in [2.45, 2.75) is 33.2 Å². The SMILES string of the molecule is CCCOc1cccc(/C(O)=C2/C(=O)C(=O)N(c3cc(C)cc(C)c3)C2c2cccs2)c1. The van der Waals surface area contributed by atoms with Crippen LogP contribution in [0.5, 0.6) is 5.75 Å². The largest absolute Gasteiger partial charge is 0.507 e. The fraction of sp³-hybridized carbons (Fsp3) is 0.231. The minimum Gasteiger partial charge on any atom is -0.507 e. The Kier molecular flexibility index (Phi) is 6.15. The number of aliphatic hydroxyl groups is 1. The van der Waals surface area contributed by atoms with Crippen LogP contribution in [0.4, 0.5) is 5.69 Å². The molecule has 0 aliphatic carbocycles. The van der Waals surface area contributed by atoms with E-state index in [4.69, 9.17) is 4.74 Å². The number of nitrogens with zero attached hydrogens (tertiary/aromatic N) is 1. The lowest BCUT2D eigenvalue weighted by Crippen LogP contribution is -2.29. The zero-order chi connectivity index (χ0) is 22.8. The molecule has 1 aliphatic rings. The molecule has 1 saturated heterocycles. The summed E-state index contributed by atoms with van der Waals surface area (Å²) in [4.78, 5) is 28.7. The lowest BCUT2D eigenvalue weighted by molar-refractivity contribution is -0.132. The van der Waals surface area contributed by atoms with Crippen molar-refractivity contribution in [3.63, 3.8) is 0 Å². The van der Waals surface area contributed by atoms with Gasteiger partial charge in [-0.05, 0) is 67.1 Å². The van der Waals surface area contributed by atoms with E-state index in [1.165, 1.54) is 16.2 Å². The van der Waals surface area contributed by atoms with Gasteiger partial charge in [0.15, 0.2) is 0 Å². The van der Waals surface area contributed by atoms with Crippen molar-refractivity contribution in [3.8, 4) is 5.75 Å². The minimum absolute atomic E-state index is 0.0873. The third-order valence-electron chi connectivity index (χ3n) is 5.32. The summed E-state index contributed by atoms with van der Waals surface area (Å²) in [6, 6.07) is 15.8. The zero-order valence-corrected chi connectivity index (χ0v) is 19.1. The van der Waals surface area contributed by atoms with Gasteiger partial charge >= 0.3 is 0 Å². The maximum Gasteiger partial charge on any atom is 0.300 e. The highest BCUT2D eigenvalue weighted by atomic mass is 32.1. The fourth-order valence-corrected chi connectivity index (χ4v) is 4.84. The number of aliphatic hydroxyl groups excluding tert-OH is 1. The molecular weight excluding hydrogens is 422 g/mol. The minimum atomic E-state index is -0.698. The molecule has 3 aromatic rings. The van der Waals surface area contributed by atoms with E-state index in [1.807, 2.05) is 56.5 Å². The molecule has 1 fully saturated rings. The van der Waals surface area contributed by atoms with Gasteiger partial charge in [0.2, 0.25) is 0 Å². The number of thiophene rings is 1. The molecule has 32 heavy (non-hydrogen) atoms. The van der Waals surface area contributed by atoms with Crippen LogP contribution in [0.25, 0.3) is 5.76 Å². The Balaban J connectivity index is 1.87. The standard InChI is InChI=1S/C26H25NO4S/c1-4-10-31-20-8-5-7-18(15-20)24(28)22-23(21-9-6-11-32-21)27(26(30)25(22)29)19-13-16(2)12-17(3)14-19/h5-9,11-15,23,28H,4,10H2,1-3H3/b24-22-. The van der Waals surface area contributed by atoms with Crippen LogP contribution in [-0.2, 0) is 9.59 Å². The molecule has 1 amide bonds. The van der Waals surface area contributed by atoms with Gasteiger partial charge in [-0.2, -0.15) is 0 Å². The number of amides is 1. The average Bonchev–Trinajstić information content (AvgIpc) is 3.38.